The largest absolute Gasteiger partial charge is 0.348 e. The van der Waals surface area contributed by atoms with Gasteiger partial charge in [-0.1, -0.05) is 6.07 Å². The zero-order valence-corrected chi connectivity index (χ0v) is 9.18. The van der Waals surface area contributed by atoms with Crippen molar-refractivity contribution in [2.45, 2.75) is 13.0 Å². The Morgan fingerprint density at radius 2 is 1.94 bits per heavy atom. The lowest BCUT2D eigenvalue weighted by atomic mass is 10.1. The maximum Gasteiger partial charge on any atom is 0.234 e. The second-order valence-corrected chi connectivity index (χ2v) is 3.45. The van der Waals surface area contributed by atoms with Crippen LogP contribution in [0.1, 0.15) is 18.5 Å². The van der Waals surface area contributed by atoms with E-state index >= 15 is 0 Å². The Morgan fingerprint density at radius 1 is 1.38 bits per heavy atom. The number of carbonyl (C=O) groups is 1. The quantitative estimate of drug-likeness (QED) is 0.817. The van der Waals surface area contributed by atoms with E-state index in [-0.39, 0.29) is 18.0 Å². The number of hydrogen-bond acceptors (Lipinski definition) is 2. The molecule has 0 aliphatic rings. The first-order chi connectivity index (χ1) is 7.56. The molecule has 2 N–H and O–H groups in total. The number of nitrogens with one attached hydrogen (secondary N) is 2. The smallest absolute Gasteiger partial charge is 0.234 e. The molecule has 0 aliphatic heterocycles. The van der Waals surface area contributed by atoms with Gasteiger partial charge in [0, 0.05) is 5.56 Å². The molecule has 0 heterocycles. The van der Waals surface area contributed by atoms with Crippen molar-refractivity contribution in [1.29, 1.82) is 0 Å². The summed E-state index contributed by atoms with van der Waals surface area (Å²) in [6.45, 7) is 1.65. The van der Waals surface area contributed by atoms with Crippen molar-refractivity contribution in [2.24, 2.45) is 0 Å². The highest BCUT2D eigenvalue weighted by atomic mass is 19.1. The van der Waals surface area contributed by atoms with Crippen molar-refractivity contribution in [3.8, 4) is 0 Å². The molecule has 1 aromatic carbocycles. The van der Waals surface area contributed by atoms with E-state index in [1.807, 2.05) is 0 Å². The molecule has 3 nitrogen and oxygen atoms in total. The predicted octanol–water partition coefficient (Wildman–Crippen LogP) is 1.36. The third-order valence-electron chi connectivity index (χ3n) is 2.15. The van der Waals surface area contributed by atoms with E-state index in [0.717, 1.165) is 0 Å². The van der Waals surface area contributed by atoms with E-state index in [4.69, 9.17) is 0 Å². The van der Waals surface area contributed by atoms with E-state index in [1.165, 1.54) is 25.1 Å². The number of hydrogen-bond donors (Lipinski definition) is 2. The molecule has 1 rings (SSSR count). The molecule has 0 spiro atoms. The van der Waals surface area contributed by atoms with Crippen molar-refractivity contribution in [3.63, 3.8) is 0 Å². The van der Waals surface area contributed by atoms with Gasteiger partial charge in [0.15, 0.2) is 0 Å². The van der Waals surface area contributed by atoms with Crippen molar-refractivity contribution in [3.05, 3.63) is 35.4 Å². The third kappa shape index (κ3) is 3.00. The van der Waals surface area contributed by atoms with Gasteiger partial charge in [-0.3, -0.25) is 4.79 Å². The molecular formula is C11H14F2N2O. The highest BCUT2D eigenvalue weighted by molar-refractivity contribution is 5.78. The van der Waals surface area contributed by atoms with Gasteiger partial charge in [0.1, 0.15) is 11.6 Å². The molecule has 1 atom stereocenters. The first kappa shape index (κ1) is 12.6. The average Bonchev–Trinajstić information content (AvgIpc) is 2.17. The molecule has 0 radical (unpaired) electrons. The summed E-state index contributed by atoms with van der Waals surface area (Å²) in [5.41, 5.74) is -0.119. The molecule has 0 aliphatic carbocycles. The van der Waals surface area contributed by atoms with Crippen LogP contribution in [-0.4, -0.2) is 19.5 Å². The topological polar surface area (TPSA) is 41.1 Å². The SMILES string of the molecule is CNCC(=O)NC(C)c1c(F)cccc1F. The Labute approximate surface area is 92.8 Å². The first-order valence-electron chi connectivity index (χ1n) is 4.94. The molecule has 1 aromatic rings. The van der Waals surface area contributed by atoms with E-state index in [1.54, 1.807) is 7.05 Å². The van der Waals surface area contributed by atoms with E-state index in [9.17, 15) is 13.6 Å². The fourth-order valence-corrected chi connectivity index (χ4v) is 1.45. The Hall–Kier alpha value is -1.49. The highest BCUT2D eigenvalue weighted by Gasteiger charge is 2.17. The molecule has 0 saturated heterocycles. The minimum absolute atomic E-state index is 0.112. The van der Waals surface area contributed by atoms with Crippen LogP contribution in [0.2, 0.25) is 0 Å². The van der Waals surface area contributed by atoms with Gasteiger partial charge in [0.2, 0.25) is 5.91 Å². The lowest BCUT2D eigenvalue weighted by Gasteiger charge is -2.15. The van der Waals surface area contributed by atoms with Gasteiger partial charge in [0.05, 0.1) is 12.6 Å². The fraction of sp³-hybridized carbons (Fsp3) is 0.364. The highest BCUT2D eigenvalue weighted by Crippen LogP contribution is 2.19. The Kier molecular flexibility index (Phi) is 4.37. The molecule has 0 aromatic heterocycles. The van der Waals surface area contributed by atoms with Gasteiger partial charge in [-0.15, -0.1) is 0 Å². The minimum Gasteiger partial charge on any atom is -0.348 e. The van der Waals surface area contributed by atoms with Gasteiger partial charge >= 0.3 is 0 Å². The normalized spacial score (nSPS) is 12.2. The number of rotatable bonds is 4. The molecule has 88 valence electrons. The molecule has 5 heteroatoms. The summed E-state index contributed by atoms with van der Waals surface area (Å²) in [5.74, 6) is -1.62. The van der Waals surface area contributed by atoms with Crippen LogP contribution in [0.4, 0.5) is 8.78 Å². The summed E-state index contributed by atoms with van der Waals surface area (Å²) in [7, 11) is 1.62. The van der Waals surface area contributed by atoms with Crippen LogP contribution in [0, 0.1) is 11.6 Å². The maximum absolute atomic E-state index is 13.3. The number of likely N-dealkylation sites (N-methyl/N-ethyl adjacent to an activating group) is 1. The van der Waals surface area contributed by atoms with Crippen LogP contribution >= 0.6 is 0 Å². The van der Waals surface area contributed by atoms with Gasteiger partial charge in [-0.25, -0.2) is 8.78 Å². The molecule has 0 fully saturated rings. The molecular weight excluding hydrogens is 214 g/mol. The summed E-state index contributed by atoms with van der Waals surface area (Å²) in [5, 5.41) is 5.15. The lowest BCUT2D eigenvalue weighted by Crippen LogP contribution is -2.34. The van der Waals surface area contributed by atoms with E-state index in [2.05, 4.69) is 10.6 Å². The summed E-state index contributed by atoms with van der Waals surface area (Å²) < 4.78 is 26.7. The molecule has 1 amide bonds. The number of halogens is 2. The monoisotopic (exact) mass is 228 g/mol. The van der Waals surface area contributed by atoms with Crippen LogP contribution in [-0.2, 0) is 4.79 Å². The van der Waals surface area contributed by atoms with Crippen LogP contribution < -0.4 is 10.6 Å². The number of carbonyl (C=O) groups excluding carboxylic acids is 1. The lowest BCUT2D eigenvalue weighted by molar-refractivity contribution is -0.120. The van der Waals surface area contributed by atoms with Crippen LogP contribution in [0.3, 0.4) is 0 Å². The Balaban J connectivity index is 2.80. The standard InChI is InChI=1S/C11H14F2N2O/c1-7(15-10(16)6-14-2)11-8(12)4-3-5-9(11)13/h3-5,7,14H,6H2,1-2H3,(H,15,16). The second kappa shape index (κ2) is 5.55. The molecule has 16 heavy (non-hydrogen) atoms. The minimum atomic E-state index is -0.693. The molecule has 0 bridgehead atoms. The zero-order chi connectivity index (χ0) is 12.1. The Bertz CT molecular complexity index is 362. The van der Waals surface area contributed by atoms with Crippen LogP contribution in [0.15, 0.2) is 18.2 Å². The Morgan fingerprint density at radius 3 is 2.44 bits per heavy atom. The first-order valence-corrected chi connectivity index (χ1v) is 4.94. The van der Waals surface area contributed by atoms with Gasteiger partial charge in [-0.2, -0.15) is 0 Å². The molecule has 1 unspecified atom stereocenters. The summed E-state index contributed by atoms with van der Waals surface area (Å²) in [4.78, 5) is 11.2. The number of benzene rings is 1. The maximum atomic E-state index is 13.3. The third-order valence-corrected chi connectivity index (χ3v) is 2.15. The molecule has 0 saturated carbocycles. The van der Waals surface area contributed by atoms with E-state index in [0.29, 0.717) is 0 Å². The predicted molar refractivity (Wildman–Crippen MR) is 56.8 cm³/mol. The van der Waals surface area contributed by atoms with Crippen molar-refractivity contribution in [1.82, 2.24) is 10.6 Å². The van der Waals surface area contributed by atoms with Crippen LogP contribution in [0.5, 0.6) is 0 Å². The summed E-state index contributed by atoms with van der Waals surface area (Å²) >= 11 is 0. The van der Waals surface area contributed by atoms with Crippen molar-refractivity contribution < 1.29 is 13.6 Å². The van der Waals surface area contributed by atoms with Gasteiger partial charge < -0.3 is 10.6 Å². The second-order valence-electron chi connectivity index (χ2n) is 3.45. The van der Waals surface area contributed by atoms with Gasteiger partial charge in [0.25, 0.3) is 0 Å². The van der Waals surface area contributed by atoms with Gasteiger partial charge in [-0.05, 0) is 26.1 Å². The van der Waals surface area contributed by atoms with Crippen molar-refractivity contribution >= 4 is 5.91 Å². The summed E-state index contributed by atoms with van der Waals surface area (Å²) in [6.07, 6.45) is 0. The van der Waals surface area contributed by atoms with Crippen molar-refractivity contribution in [2.75, 3.05) is 13.6 Å². The zero-order valence-electron chi connectivity index (χ0n) is 9.18. The number of amides is 1. The fourth-order valence-electron chi connectivity index (χ4n) is 1.45. The van der Waals surface area contributed by atoms with E-state index < -0.39 is 17.7 Å². The van der Waals surface area contributed by atoms with Crippen LogP contribution in [0.25, 0.3) is 0 Å². The average molecular weight is 228 g/mol. The summed E-state index contributed by atoms with van der Waals surface area (Å²) in [6, 6.07) is 2.93.